The van der Waals surface area contributed by atoms with Crippen LogP contribution in [-0.2, 0) is 11.3 Å². The topological polar surface area (TPSA) is 49.8 Å². The van der Waals surface area contributed by atoms with Crippen LogP contribution in [0.5, 0.6) is 5.75 Å². The van der Waals surface area contributed by atoms with Crippen molar-refractivity contribution in [1.82, 2.24) is 4.90 Å². The van der Waals surface area contributed by atoms with Crippen LogP contribution >= 0.6 is 22.6 Å². The standard InChI is InChI=1S/C25H23F3INO3/c1-17(19-10-6-3-7-11-19)30(16-18-8-4-2-5-9-18)22(15-24(31)32)20-12-13-23(21(29)14-20)33-25(26,27)28/h2-14,17,22H,15-16H2,1H3,(H,31,32)/t17-,22+/m1/s1. The van der Waals surface area contributed by atoms with E-state index in [1.165, 1.54) is 12.1 Å². The molecule has 0 radical (unpaired) electrons. The molecule has 33 heavy (non-hydrogen) atoms. The molecule has 0 aliphatic rings. The van der Waals surface area contributed by atoms with Gasteiger partial charge < -0.3 is 9.84 Å². The van der Waals surface area contributed by atoms with Crippen LogP contribution in [-0.4, -0.2) is 22.3 Å². The van der Waals surface area contributed by atoms with E-state index in [1.54, 1.807) is 28.7 Å². The van der Waals surface area contributed by atoms with Crippen molar-refractivity contribution < 1.29 is 27.8 Å². The SMILES string of the molecule is C[C@H](c1ccccc1)N(Cc1ccccc1)[C@@H](CC(=O)O)c1ccc(OC(F)(F)F)c(I)c1. The normalized spacial score (nSPS) is 13.5. The smallest absolute Gasteiger partial charge is 0.481 e. The van der Waals surface area contributed by atoms with E-state index in [0.29, 0.717) is 12.1 Å². The first-order valence-corrected chi connectivity index (χ1v) is 11.3. The van der Waals surface area contributed by atoms with Gasteiger partial charge in [-0.05, 0) is 58.3 Å². The van der Waals surface area contributed by atoms with Gasteiger partial charge >= 0.3 is 12.3 Å². The molecule has 1 N–H and O–H groups in total. The number of benzene rings is 3. The van der Waals surface area contributed by atoms with E-state index in [0.717, 1.165) is 11.1 Å². The molecule has 2 atom stereocenters. The largest absolute Gasteiger partial charge is 0.573 e. The number of alkyl halides is 3. The highest BCUT2D eigenvalue weighted by atomic mass is 127. The molecule has 3 rings (SSSR count). The first kappa shape index (κ1) is 25.0. The van der Waals surface area contributed by atoms with Crippen molar-refractivity contribution in [1.29, 1.82) is 0 Å². The van der Waals surface area contributed by atoms with Gasteiger partial charge in [0, 0.05) is 18.6 Å². The maximum Gasteiger partial charge on any atom is 0.573 e. The minimum Gasteiger partial charge on any atom is -0.481 e. The Balaban J connectivity index is 2.04. The van der Waals surface area contributed by atoms with Gasteiger partial charge in [-0.1, -0.05) is 66.7 Å². The number of halogens is 4. The highest BCUT2D eigenvalue weighted by molar-refractivity contribution is 14.1. The Hall–Kier alpha value is -2.59. The molecule has 0 saturated heterocycles. The Morgan fingerprint density at radius 3 is 2.15 bits per heavy atom. The van der Waals surface area contributed by atoms with Crippen LogP contribution in [0.3, 0.4) is 0 Å². The number of rotatable bonds is 9. The molecule has 0 aromatic heterocycles. The zero-order valence-electron chi connectivity index (χ0n) is 17.8. The van der Waals surface area contributed by atoms with Crippen LogP contribution in [0.25, 0.3) is 0 Å². The number of ether oxygens (including phenoxy) is 1. The summed E-state index contributed by atoms with van der Waals surface area (Å²) in [6.07, 6.45) is -5.01. The molecule has 0 fully saturated rings. The van der Waals surface area contributed by atoms with E-state index < -0.39 is 18.4 Å². The van der Waals surface area contributed by atoms with E-state index in [2.05, 4.69) is 9.64 Å². The number of aliphatic carboxylic acids is 1. The lowest BCUT2D eigenvalue weighted by Gasteiger charge is -2.37. The average molecular weight is 569 g/mol. The second kappa shape index (κ2) is 11.0. The summed E-state index contributed by atoms with van der Waals surface area (Å²) >= 11 is 1.78. The number of hydrogen-bond donors (Lipinski definition) is 1. The molecule has 0 aliphatic heterocycles. The maximum atomic E-state index is 12.7. The van der Waals surface area contributed by atoms with Gasteiger partial charge in [0.05, 0.1) is 9.99 Å². The molecule has 3 aromatic rings. The van der Waals surface area contributed by atoms with Crippen molar-refractivity contribution in [3.63, 3.8) is 0 Å². The summed E-state index contributed by atoms with van der Waals surface area (Å²) in [6, 6.07) is 23.0. The maximum absolute atomic E-state index is 12.7. The molecule has 0 saturated carbocycles. The van der Waals surface area contributed by atoms with Crippen molar-refractivity contribution in [3.05, 3.63) is 99.1 Å². The molecular weight excluding hydrogens is 546 g/mol. The van der Waals surface area contributed by atoms with E-state index in [9.17, 15) is 23.1 Å². The highest BCUT2D eigenvalue weighted by Crippen LogP contribution is 2.37. The van der Waals surface area contributed by atoms with E-state index in [-0.39, 0.29) is 21.8 Å². The summed E-state index contributed by atoms with van der Waals surface area (Å²) in [5.74, 6) is -1.31. The fraction of sp³-hybridized carbons (Fsp3) is 0.240. The lowest BCUT2D eigenvalue weighted by molar-refractivity contribution is -0.275. The van der Waals surface area contributed by atoms with Gasteiger partial charge in [-0.25, -0.2) is 0 Å². The quantitative estimate of drug-likeness (QED) is 0.283. The highest BCUT2D eigenvalue weighted by Gasteiger charge is 2.33. The summed E-state index contributed by atoms with van der Waals surface area (Å²) in [5, 5.41) is 9.69. The predicted octanol–water partition coefficient (Wildman–Crippen LogP) is 6.97. The van der Waals surface area contributed by atoms with E-state index in [4.69, 9.17) is 0 Å². The second-order valence-corrected chi connectivity index (χ2v) is 8.76. The third kappa shape index (κ3) is 7.20. The lowest BCUT2D eigenvalue weighted by Crippen LogP contribution is -2.33. The summed E-state index contributed by atoms with van der Waals surface area (Å²) in [4.78, 5) is 13.9. The minimum atomic E-state index is -4.80. The zero-order chi connectivity index (χ0) is 24.0. The van der Waals surface area contributed by atoms with Crippen LogP contribution in [0.1, 0.15) is 42.1 Å². The molecule has 0 heterocycles. The molecule has 0 amide bonds. The summed E-state index contributed by atoms with van der Waals surface area (Å²) < 4.78 is 42.5. The number of nitrogens with zero attached hydrogens (tertiary/aromatic N) is 1. The number of carbonyl (C=O) groups is 1. The zero-order valence-corrected chi connectivity index (χ0v) is 20.0. The number of carboxylic acid groups (broad SMARTS) is 1. The van der Waals surface area contributed by atoms with Crippen LogP contribution < -0.4 is 4.74 Å². The van der Waals surface area contributed by atoms with Crippen LogP contribution in [0, 0.1) is 3.57 Å². The summed E-state index contributed by atoms with van der Waals surface area (Å²) in [7, 11) is 0. The molecule has 0 aliphatic carbocycles. The number of hydrogen-bond acceptors (Lipinski definition) is 3. The van der Waals surface area contributed by atoms with Gasteiger partial charge in [-0.2, -0.15) is 0 Å². The van der Waals surface area contributed by atoms with Crippen molar-refractivity contribution >= 4 is 28.6 Å². The monoisotopic (exact) mass is 569 g/mol. The lowest BCUT2D eigenvalue weighted by atomic mass is 9.96. The Labute approximate surface area is 204 Å². The third-order valence-corrected chi connectivity index (χ3v) is 6.17. The van der Waals surface area contributed by atoms with Crippen LogP contribution in [0.15, 0.2) is 78.9 Å². The number of carboxylic acids is 1. The molecule has 4 nitrogen and oxygen atoms in total. The van der Waals surface area contributed by atoms with Crippen molar-refractivity contribution in [2.75, 3.05) is 0 Å². The van der Waals surface area contributed by atoms with Gasteiger partial charge in [0.15, 0.2) is 0 Å². The van der Waals surface area contributed by atoms with Crippen LogP contribution in [0.2, 0.25) is 0 Å². The Kier molecular flexibility index (Phi) is 8.36. The Morgan fingerprint density at radius 2 is 1.61 bits per heavy atom. The van der Waals surface area contributed by atoms with Gasteiger partial charge in [0.1, 0.15) is 5.75 Å². The Bertz CT molecular complexity index is 1060. The molecule has 3 aromatic carbocycles. The Morgan fingerprint density at radius 1 is 1.00 bits per heavy atom. The minimum absolute atomic E-state index is 0.153. The third-order valence-electron chi connectivity index (χ3n) is 5.32. The van der Waals surface area contributed by atoms with E-state index in [1.807, 2.05) is 67.6 Å². The van der Waals surface area contributed by atoms with Gasteiger partial charge in [-0.3, -0.25) is 9.69 Å². The second-order valence-electron chi connectivity index (χ2n) is 7.60. The van der Waals surface area contributed by atoms with Crippen molar-refractivity contribution in [2.45, 2.75) is 38.3 Å². The predicted molar refractivity (Wildman–Crippen MR) is 128 cm³/mol. The molecular formula is C25H23F3INO3. The van der Waals surface area contributed by atoms with Gasteiger partial charge in [0.2, 0.25) is 0 Å². The fourth-order valence-electron chi connectivity index (χ4n) is 3.76. The first-order chi connectivity index (χ1) is 15.6. The summed E-state index contributed by atoms with van der Waals surface area (Å²) in [5.41, 5.74) is 2.62. The van der Waals surface area contributed by atoms with Crippen molar-refractivity contribution in [2.24, 2.45) is 0 Å². The van der Waals surface area contributed by atoms with Gasteiger partial charge in [-0.15, -0.1) is 13.2 Å². The molecule has 174 valence electrons. The molecule has 8 heteroatoms. The molecule has 0 spiro atoms. The van der Waals surface area contributed by atoms with Crippen LogP contribution in [0.4, 0.5) is 13.2 Å². The van der Waals surface area contributed by atoms with E-state index >= 15 is 0 Å². The average Bonchev–Trinajstić information content (AvgIpc) is 2.77. The summed E-state index contributed by atoms with van der Waals surface area (Å²) in [6.45, 7) is 2.46. The van der Waals surface area contributed by atoms with Crippen molar-refractivity contribution in [3.8, 4) is 5.75 Å². The van der Waals surface area contributed by atoms with Gasteiger partial charge in [0.25, 0.3) is 0 Å². The molecule has 0 unspecified atom stereocenters. The molecule has 0 bridgehead atoms. The first-order valence-electron chi connectivity index (χ1n) is 10.3. The fourth-order valence-corrected chi connectivity index (χ4v) is 4.41.